The van der Waals surface area contributed by atoms with Gasteiger partial charge in [0, 0.05) is 5.56 Å². The maximum absolute atomic E-state index is 8.74. The molecule has 0 aliphatic carbocycles. The number of rotatable bonds is 0. The van der Waals surface area contributed by atoms with Crippen LogP contribution in [0.25, 0.3) is 0 Å². The molecule has 4 heteroatoms. The summed E-state index contributed by atoms with van der Waals surface area (Å²) in [6.45, 7) is 0. The van der Waals surface area contributed by atoms with E-state index in [2.05, 4.69) is 5.92 Å². The van der Waals surface area contributed by atoms with Gasteiger partial charge in [-0.15, -0.1) is 6.42 Å². The third-order valence-corrected chi connectivity index (χ3v) is 0.940. The van der Waals surface area contributed by atoms with E-state index in [0.29, 0.717) is 0 Å². The average molecular weight is 184 g/mol. The third-order valence-electron chi connectivity index (χ3n) is 0.940. The second-order valence-corrected chi connectivity index (χ2v) is 2.36. The zero-order valence-corrected chi connectivity index (χ0v) is 7.27. The zero-order chi connectivity index (χ0) is 9.40. The van der Waals surface area contributed by atoms with Gasteiger partial charge in [0.05, 0.1) is 0 Å². The minimum Gasteiger partial charge on any atom is -0.326 e. The summed E-state index contributed by atoms with van der Waals surface area (Å²) in [6, 6.07) is 9.60. The molecule has 3 nitrogen and oxygen atoms in total. The fourth-order valence-electron chi connectivity index (χ4n) is 0.534. The molecule has 0 saturated heterocycles. The van der Waals surface area contributed by atoms with Gasteiger partial charge in [-0.25, -0.2) is 0 Å². The molecule has 0 saturated carbocycles. The molecule has 2 N–H and O–H groups in total. The minimum absolute atomic E-state index is 0.938. The molecule has 0 aromatic heterocycles. The number of terminal acetylenes is 1. The molecule has 0 aliphatic heterocycles. The van der Waals surface area contributed by atoms with E-state index in [0.717, 1.165) is 5.56 Å². The summed E-state index contributed by atoms with van der Waals surface area (Å²) in [5.74, 6) is 2.53. The summed E-state index contributed by atoms with van der Waals surface area (Å²) in [5.41, 5.74) is 0.938. The van der Waals surface area contributed by atoms with Gasteiger partial charge in [-0.05, 0) is 12.1 Å². The Morgan fingerprint density at radius 3 is 1.92 bits per heavy atom. The summed E-state index contributed by atoms with van der Waals surface area (Å²) < 4.78 is 8.74. The van der Waals surface area contributed by atoms with Crippen LogP contribution in [0.1, 0.15) is 5.56 Å². The zero-order valence-electron chi connectivity index (χ0n) is 6.27. The Bertz CT molecular complexity index is 272. The largest absolute Gasteiger partial charge is 0.326 e. The minimum atomic E-state index is -3.13. The molecule has 0 aliphatic rings. The molecule has 0 unspecified atom stereocenters. The van der Waals surface area contributed by atoms with Crippen LogP contribution in [0.15, 0.2) is 30.3 Å². The first kappa shape index (κ1) is 10.9. The lowest BCUT2D eigenvalue weighted by molar-refractivity contribution is 0.405. The quantitative estimate of drug-likeness (QED) is 0.467. The molecular weight excluding hydrogens is 175 g/mol. The topological polar surface area (TPSA) is 57.5 Å². The van der Waals surface area contributed by atoms with Crippen LogP contribution in [0.3, 0.4) is 0 Å². The summed E-state index contributed by atoms with van der Waals surface area (Å²) in [7, 11) is -3.13. The van der Waals surface area contributed by atoms with Crippen molar-refractivity contribution in [3.05, 3.63) is 35.9 Å². The van der Waals surface area contributed by atoms with E-state index in [9.17, 15) is 0 Å². The molecule has 1 aromatic rings. The first-order valence-corrected chi connectivity index (χ1v) is 4.40. The van der Waals surface area contributed by atoms with Crippen LogP contribution in [0.2, 0.25) is 0 Å². The van der Waals surface area contributed by atoms with Gasteiger partial charge >= 0.3 is 8.25 Å². The van der Waals surface area contributed by atoms with Crippen molar-refractivity contribution in [3.8, 4) is 12.3 Å². The highest BCUT2D eigenvalue weighted by Gasteiger charge is 1.76. The van der Waals surface area contributed by atoms with Crippen molar-refractivity contribution in [3.63, 3.8) is 0 Å². The SMILES string of the molecule is C#Cc1ccccc1.O=[PH](O)O. The Morgan fingerprint density at radius 2 is 1.67 bits per heavy atom. The highest BCUT2D eigenvalue weighted by atomic mass is 31.1. The highest BCUT2D eigenvalue weighted by molar-refractivity contribution is 7.30. The first-order valence-electron chi connectivity index (χ1n) is 3.10. The van der Waals surface area contributed by atoms with Crippen molar-refractivity contribution in [1.82, 2.24) is 0 Å². The molecule has 0 fully saturated rings. The van der Waals surface area contributed by atoms with E-state index >= 15 is 0 Å². The Labute approximate surface area is 71.6 Å². The predicted molar refractivity (Wildman–Crippen MR) is 47.8 cm³/mol. The van der Waals surface area contributed by atoms with E-state index < -0.39 is 8.25 Å². The number of benzene rings is 1. The lowest BCUT2D eigenvalue weighted by Crippen LogP contribution is -1.66. The van der Waals surface area contributed by atoms with Crippen LogP contribution in [-0.2, 0) is 4.57 Å². The van der Waals surface area contributed by atoms with E-state index in [1.807, 2.05) is 30.3 Å². The molecule has 0 heterocycles. The highest BCUT2D eigenvalue weighted by Crippen LogP contribution is 1.98. The average Bonchev–Trinajstić information content (AvgIpc) is 2.05. The lowest BCUT2D eigenvalue weighted by Gasteiger charge is -1.82. The normalized spacial score (nSPS) is 8.17. The molecular formula is C8H9O3P. The van der Waals surface area contributed by atoms with E-state index in [1.54, 1.807) is 0 Å². The van der Waals surface area contributed by atoms with Crippen molar-refractivity contribution in [2.75, 3.05) is 0 Å². The van der Waals surface area contributed by atoms with E-state index in [4.69, 9.17) is 20.8 Å². The Hall–Kier alpha value is -1.07. The smallest absolute Gasteiger partial charge is 0.314 e. The van der Waals surface area contributed by atoms with Crippen LogP contribution in [0.4, 0.5) is 0 Å². The van der Waals surface area contributed by atoms with Crippen LogP contribution in [0.5, 0.6) is 0 Å². The monoisotopic (exact) mass is 184 g/mol. The third kappa shape index (κ3) is 7.04. The Kier molecular flexibility index (Phi) is 6.04. The van der Waals surface area contributed by atoms with Crippen LogP contribution >= 0.6 is 8.25 Å². The second kappa shape index (κ2) is 6.63. The van der Waals surface area contributed by atoms with Gasteiger partial charge in [-0.2, -0.15) is 0 Å². The van der Waals surface area contributed by atoms with Crippen molar-refractivity contribution < 1.29 is 14.4 Å². The number of hydrogen-bond donors (Lipinski definition) is 2. The van der Waals surface area contributed by atoms with Crippen molar-refractivity contribution in [2.24, 2.45) is 0 Å². The van der Waals surface area contributed by atoms with Crippen molar-refractivity contribution in [2.45, 2.75) is 0 Å². The molecule has 1 aromatic carbocycles. The van der Waals surface area contributed by atoms with E-state index in [-0.39, 0.29) is 0 Å². The van der Waals surface area contributed by atoms with Gasteiger partial charge in [0.25, 0.3) is 0 Å². The van der Waals surface area contributed by atoms with Gasteiger partial charge in [0.2, 0.25) is 0 Å². The fourth-order valence-corrected chi connectivity index (χ4v) is 0.534. The van der Waals surface area contributed by atoms with Gasteiger partial charge in [-0.1, -0.05) is 24.1 Å². The molecule has 0 radical (unpaired) electrons. The molecule has 0 atom stereocenters. The standard InChI is InChI=1S/C8H6.H3O3P/c1-2-8-6-4-3-5-7-8;1-4(2)3/h1,3-7H;4H,(H2,1,2,3). The van der Waals surface area contributed by atoms with Crippen LogP contribution in [0, 0.1) is 12.3 Å². The number of hydrogen-bond acceptors (Lipinski definition) is 1. The summed E-state index contributed by atoms with van der Waals surface area (Å²) >= 11 is 0. The van der Waals surface area contributed by atoms with Gasteiger partial charge in [-0.3, -0.25) is 4.57 Å². The van der Waals surface area contributed by atoms with Crippen molar-refractivity contribution >= 4 is 8.25 Å². The van der Waals surface area contributed by atoms with Crippen LogP contribution < -0.4 is 0 Å². The summed E-state index contributed by atoms with van der Waals surface area (Å²) in [5, 5.41) is 0. The van der Waals surface area contributed by atoms with Crippen LogP contribution in [-0.4, -0.2) is 9.79 Å². The molecule has 0 bridgehead atoms. The molecule has 1 rings (SSSR count). The van der Waals surface area contributed by atoms with Crippen molar-refractivity contribution in [1.29, 1.82) is 0 Å². The maximum atomic E-state index is 8.74. The summed E-state index contributed by atoms with van der Waals surface area (Å²) in [6.07, 6.45) is 5.10. The Morgan fingerprint density at radius 1 is 1.25 bits per heavy atom. The fraction of sp³-hybridized carbons (Fsp3) is 0. The van der Waals surface area contributed by atoms with Gasteiger partial charge in [0.15, 0.2) is 0 Å². The summed E-state index contributed by atoms with van der Waals surface area (Å²) in [4.78, 5) is 14.3. The first-order chi connectivity index (χ1) is 5.66. The lowest BCUT2D eigenvalue weighted by atomic mass is 10.2. The molecule has 64 valence electrons. The Balaban J connectivity index is 0.000000261. The molecule has 0 amide bonds. The molecule has 0 spiro atoms. The second-order valence-electron chi connectivity index (χ2n) is 1.79. The molecule has 12 heavy (non-hydrogen) atoms. The van der Waals surface area contributed by atoms with Gasteiger partial charge in [0.1, 0.15) is 0 Å². The maximum Gasteiger partial charge on any atom is 0.314 e. The van der Waals surface area contributed by atoms with E-state index in [1.165, 1.54) is 0 Å². The predicted octanol–water partition coefficient (Wildman–Crippen LogP) is 1.03. The van der Waals surface area contributed by atoms with Gasteiger partial charge < -0.3 is 9.79 Å².